The van der Waals surface area contributed by atoms with Crippen LogP contribution in [0.25, 0.3) is 0 Å². The van der Waals surface area contributed by atoms with E-state index in [4.69, 9.17) is 0 Å². The number of allylic oxidation sites excluding steroid dienone is 1. The van der Waals surface area contributed by atoms with E-state index in [0.29, 0.717) is 13.0 Å². The monoisotopic (exact) mass is 259 g/mol. The van der Waals surface area contributed by atoms with Crippen LogP contribution in [0, 0.1) is 5.92 Å². The molecule has 1 fully saturated rings. The number of aliphatic hydroxyl groups is 1. The zero-order valence-corrected chi connectivity index (χ0v) is 11.2. The summed E-state index contributed by atoms with van der Waals surface area (Å²) in [5.74, 6) is 0.167. The highest BCUT2D eigenvalue weighted by molar-refractivity contribution is 5.81. The van der Waals surface area contributed by atoms with E-state index in [1.807, 2.05) is 23.1 Å². The number of carbonyl (C=O) groups excluding carboxylic acids is 1. The molecule has 1 saturated heterocycles. The summed E-state index contributed by atoms with van der Waals surface area (Å²) in [5, 5.41) is 9.42. The van der Waals surface area contributed by atoms with Crippen LogP contribution in [-0.4, -0.2) is 35.1 Å². The predicted molar refractivity (Wildman–Crippen MR) is 75.7 cm³/mol. The molecule has 0 unspecified atom stereocenters. The summed E-state index contributed by atoms with van der Waals surface area (Å²) < 4.78 is 0. The van der Waals surface area contributed by atoms with Gasteiger partial charge in [-0.15, -0.1) is 6.58 Å². The summed E-state index contributed by atoms with van der Waals surface area (Å²) in [6.07, 6.45) is 4.08. The van der Waals surface area contributed by atoms with Gasteiger partial charge in [0.2, 0.25) is 5.91 Å². The molecule has 102 valence electrons. The molecule has 3 nitrogen and oxygen atoms in total. The number of aliphatic hydroxyl groups excluding tert-OH is 1. The molecule has 19 heavy (non-hydrogen) atoms. The summed E-state index contributed by atoms with van der Waals surface area (Å²) in [6, 6.07) is 10.1. The number of amides is 1. The summed E-state index contributed by atoms with van der Waals surface area (Å²) >= 11 is 0. The average Bonchev–Trinajstić information content (AvgIpc) is 2.74. The first kappa shape index (κ1) is 13.8. The lowest BCUT2D eigenvalue weighted by atomic mass is 10.0. The first-order valence-electron chi connectivity index (χ1n) is 6.82. The maximum Gasteiger partial charge on any atom is 0.226 e. The molecule has 2 atom stereocenters. The van der Waals surface area contributed by atoms with Crippen molar-refractivity contribution in [2.75, 3.05) is 13.2 Å². The fourth-order valence-electron chi connectivity index (χ4n) is 2.73. The minimum absolute atomic E-state index is 0.00502. The molecular formula is C16H21NO2. The summed E-state index contributed by atoms with van der Waals surface area (Å²) in [6.45, 7) is 4.43. The first-order chi connectivity index (χ1) is 9.26. The van der Waals surface area contributed by atoms with Crippen LogP contribution in [0.1, 0.15) is 18.4 Å². The maximum atomic E-state index is 12.3. The van der Waals surface area contributed by atoms with E-state index in [9.17, 15) is 9.90 Å². The summed E-state index contributed by atoms with van der Waals surface area (Å²) in [4.78, 5) is 14.1. The number of hydrogen-bond acceptors (Lipinski definition) is 2. The third kappa shape index (κ3) is 3.24. The van der Waals surface area contributed by atoms with Gasteiger partial charge >= 0.3 is 0 Å². The van der Waals surface area contributed by atoms with Crippen LogP contribution in [0.3, 0.4) is 0 Å². The SMILES string of the molecule is C=CC[C@@H]1C[C@@H](CO)N(CCc2ccccc2)C1=O. The van der Waals surface area contributed by atoms with Crippen LogP contribution in [-0.2, 0) is 11.2 Å². The van der Waals surface area contributed by atoms with Crippen molar-refractivity contribution >= 4 is 5.91 Å². The molecule has 2 rings (SSSR count). The predicted octanol–water partition coefficient (Wildman–Crippen LogP) is 2.01. The number of rotatable bonds is 6. The normalized spacial score (nSPS) is 22.8. The van der Waals surface area contributed by atoms with E-state index in [2.05, 4.69) is 18.7 Å². The summed E-state index contributed by atoms with van der Waals surface area (Å²) in [7, 11) is 0. The Labute approximate surface area is 114 Å². The van der Waals surface area contributed by atoms with E-state index >= 15 is 0 Å². The minimum Gasteiger partial charge on any atom is -0.394 e. The Kier molecular flexibility index (Phi) is 4.74. The average molecular weight is 259 g/mol. The fraction of sp³-hybridized carbons (Fsp3) is 0.438. The van der Waals surface area contributed by atoms with Gasteiger partial charge in [-0.2, -0.15) is 0 Å². The van der Waals surface area contributed by atoms with Gasteiger partial charge in [0, 0.05) is 12.5 Å². The lowest BCUT2D eigenvalue weighted by Gasteiger charge is -2.23. The Bertz CT molecular complexity index is 430. The molecule has 0 spiro atoms. The van der Waals surface area contributed by atoms with Crippen LogP contribution in [0.2, 0.25) is 0 Å². The molecule has 1 heterocycles. The van der Waals surface area contributed by atoms with Gasteiger partial charge in [0.05, 0.1) is 12.6 Å². The molecule has 0 radical (unpaired) electrons. The van der Waals surface area contributed by atoms with Crippen LogP contribution in [0.15, 0.2) is 43.0 Å². The number of nitrogens with zero attached hydrogens (tertiary/aromatic N) is 1. The second kappa shape index (κ2) is 6.53. The van der Waals surface area contributed by atoms with Crippen LogP contribution in [0.5, 0.6) is 0 Å². The molecular weight excluding hydrogens is 238 g/mol. The Hall–Kier alpha value is -1.61. The van der Waals surface area contributed by atoms with Crippen molar-refractivity contribution in [3.63, 3.8) is 0 Å². The highest BCUT2D eigenvalue weighted by Gasteiger charge is 2.37. The number of benzene rings is 1. The zero-order chi connectivity index (χ0) is 13.7. The molecule has 1 aliphatic heterocycles. The standard InChI is InChI=1S/C16H21NO2/c1-2-6-14-11-15(12-18)17(16(14)19)10-9-13-7-4-3-5-8-13/h2-5,7-8,14-15,18H,1,6,9-12H2/t14-,15+/m1/s1. The Balaban J connectivity index is 1.97. The van der Waals surface area contributed by atoms with Crippen LogP contribution < -0.4 is 0 Å². The quantitative estimate of drug-likeness (QED) is 0.794. The van der Waals surface area contributed by atoms with Gasteiger partial charge in [-0.25, -0.2) is 0 Å². The van der Waals surface area contributed by atoms with Crippen molar-refractivity contribution in [3.8, 4) is 0 Å². The Morgan fingerprint density at radius 3 is 2.74 bits per heavy atom. The minimum atomic E-state index is -0.0267. The molecule has 1 aromatic carbocycles. The van der Waals surface area contributed by atoms with Gasteiger partial charge in [-0.05, 0) is 24.8 Å². The van der Waals surface area contributed by atoms with E-state index in [0.717, 1.165) is 12.8 Å². The maximum absolute atomic E-state index is 12.3. The van der Waals surface area contributed by atoms with Crippen molar-refractivity contribution in [1.29, 1.82) is 0 Å². The zero-order valence-electron chi connectivity index (χ0n) is 11.2. The van der Waals surface area contributed by atoms with E-state index in [1.165, 1.54) is 5.56 Å². The molecule has 1 N–H and O–H groups in total. The molecule has 1 aromatic rings. The molecule has 1 aliphatic rings. The van der Waals surface area contributed by atoms with Gasteiger partial charge < -0.3 is 10.0 Å². The lowest BCUT2D eigenvalue weighted by molar-refractivity contribution is -0.132. The second-order valence-corrected chi connectivity index (χ2v) is 5.06. The van der Waals surface area contributed by atoms with Crippen LogP contribution >= 0.6 is 0 Å². The van der Waals surface area contributed by atoms with Crippen molar-refractivity contribution < 1.29 is 9.90 Å². The number of carbonyl (C=O) groups is 1. The van der Waals surface area contributed by atoms with Crippen molar-refractivity contribution in [1.82, 2.24) is 4.90 Å². The topological polar surface area (TPSA) is 40.5 Å². The Morgan fingerprint density at radius 2 is 2.11 bits per heavy atom. The van der Waals surface area contributed by atoms with Gasteiger partial charge in [-0.1, -0.05) is 36.4 Å². The molecule has 0 aromatic heterocycles. The second-order valence-electron chi connectivity index (χ2n) is 5.06. The van der Waals surface area contributed by atoms with Crippen molar-refractivity contribution in [2.45, 2.75) is 25.3 Å². The summed E-state index contributed by atoms with van der Waals surface area (Å²) in [5.41, 5.74) is 1.22. The third-order valence-electron chi connectivity index (χ3n) is 3.78. The fourth-order valence-corrected chi connectivity index (χ4v) is 2.73. The van der Waals surface area contributed by atoms with Crippen LogP contribution in [0.4, 0.5) is 0 Å². The first-order valence-corrected chi connectivity index (χ1v) is 6.82. The molecule has 0 aliphatic carbocycles. The Morgan fingerprint density at radius 1 is 1.37 bits per heavy atom. The molecule has 3 heteroatoms. The smallest absolute Gasteiger partial charge is 0.226 e. The largest absolute Gasteiger partial charge is 0.394 e. The van der Waals surface area contributed by atoms with Gasteiger partial charge in [0.25, 0.3) is 0 Å². The van der Waals surface area contributed by atoms with E-state index < -0.39 is 0 Å². The van der Waals surface area contributed by atoms with Gasteiger partial charge in [-0.3, -0.25) is 4.79 Å². The van der Waals surface area contributed by atoms with Crippen molar-refractivity contribution in [3.05, 3.63) is 48.6 Å². The molecule has 0 bridgehead atoms. The third-order valence-corrected chi connectivity index (χ3v) is 3.78. The highest BCUT2D eigenvalue weighted by atomic mass is 16.3. The van der Waals surface area contributed by atoms with E-state index in [-0.39, 0.29) is 24.5 Å². The number of hydrogen-bond donors (Lipinski definition) is 1. The molecule has 1 amide bonds. The highest BCUT2D eigenvalue weighted by Crippen LogP contribution is 2.27. The van der Waals surface area contributed by atoms with Crippen molar-refractivity contribution in [2.24, 2.45) is 5.92 Å². The molecule has 0 saturated carbocycles. The van der Waals surface area contributed by atoms with Gasteiger partial charge in [0.15, 0.2) is 0 Å². The van der Waals surface area contributed by atoms with E-state index in [1.54, 1.807) is 6.08 Å². The number of likely N-dealkylation sites (tertiary alicyclic amines) is 1. The van der Waals surface area contributed by atoms with Gasteiger partial charge in [0.1, 0.15) is 0 Å². The lowest BCUT2D eigenvalue weighted by Crippen LogP contribution is -2.37.